The van der Waals surface area contributed by atoms with Crippen molar-refractivity contribution in [2.75, 3.05) is 12.3 Å². The van der Waals surface area contributed by atoms with E-state index in [4.69, 9.17) is 10.5 Å². The van der Waals surface area contributed by atoms with Crippen LogP contribution in [0.5, 0.6) is 5.75 Å². The minimum atomic E-state index is 0.514. The van der Waals surface area contributed by atoms with Crippen LogP contribution in [0.1, 0.15) is 12.6 Å². The Morgan fingerprint density at radius 1 is 1.33 bits per heavy atom. The van der Waals surface area contributed by atoms with E-state index in [0.29, 0.717) is 18.2 Å². The Hall–Kier alpha value is -1.37. The summed E-state index contributed by atoms with van der Waals surface area (Å²) in [4.78, 5) is 8.76. The number of nitrogen functional groups attached to an aromatic ring is 1. The highest BCUT2D eigenvalue weighted by molar-refractivity contribution is 14.1. The summed E-state index contributed by atoms with van der Waals surface area (Å²) in [6, 6.07) is 7.71. The second-order valence-electron chi connectivity index (χ2n) is 3.79. The van der Waals surface area contributed by atoms with Crippen molar-refractivity contribution in [3.8, 4) is 17.1 Å². The fourth-order valence-corrected chi connectivity index (χ4v) is 1.84. The Bertz CT molecular complexity index is 549. The number of rotatable bonds is 3. The van der Waals surface area contributed by atoms with E-state index in [1.54, 1.807) is 0 Å². The molecule has 5 heteroatoms. The van der Waals surface area contributed by atoms with Crippen molar-refractivity contribution < 1.29 is 4.74 Å². The molecule has 94 valence electrons. The molecule has 18 heavy (non-hydrogen) atoms. The van der Waals surface area contributed by atoms with Crippen LogP contribution in [-0.2, 0) is 0 Å². The van der Waals surface area contributed by atoms with E-state index in [0.717, 1.165) is 20.6 Å². The molecule has 0 spiro atoms. The predicted molar refractivity (Wildman–Crippen MR) is 80.5 cm³/mol. The molecule has 0 radical (unpaired) electrons. The Kier molecular flexibility index (Phi) is 4.00. The smallest absolute Gasteiger partial charge is 0.161 e. The van der Waals surface area contributed by atoms with Crippen LogP contribution < -0.4 is 10.5 Å². The van der Waals surface area contributed by atoms with Crippen molar-refractivity contribution in [1.82, 2.24) is 9.97 Å². The third-order valence-corrected chi connectivity index (χ3v) is 3.78. The molecule has 0 unspecified atom stereocenters. The van der Waals surface area contributed by atoms with Crippen LogP contribution in [0.3, 0.4) is 0 Å². The Morgan fingerprint density at radius 3 is 2.78 bits per heavy atom. The fraction of sp³-hybridized carbons (Fsp3) is 0.231. The summed E-state index contributed by atoms with van der Waals surface area (Å²) in [5.74, 6) is 1.96. The maximum Gasteiger partial charge on any atom is 0.161 e. The molecule has 0 amide bonds. The highest BCUT2D eigenvalue weighted by Gasteiger charge is 2.09. The first-order chi connectivity index (χ1) is 8.61. The van der Waals surface area contributed by atoms with Crippen molar-refractivity contribution in [1.29, 1.82) is 0 Å². The number of hydrogen-bond acceptors (Lipinski definition) is 4. The van der Waals surface area contributed by atoms with E-state index < -0.39 is 0 Å². The van der Waals surface area contributed by atoms with Gasteiger partial charge in [-0.1, -0.05) is 12.1 Å². The lowest BCUT2D eigenvalue weighted by Crippen LogP contribution is -2.02. The number of nitrogens with zero attached hydrogens (tertiary/aromatic N) is 2. The van der Waals surface area contributed by atoms with Gasteiger partial charge in [0.05, 0.1) is 15.9 Å². The number of halogens is 1. The summed E-state index contributed by atoms with van der Waals surface area (Å²) >= 11 is 2.15. The molecule has 0 fully saturated rings. The van der Waals surface area contributed by atoms with Gasteiger partial charge in [0, 0.05) is 5.56 Å². The zero-order chi connectivity index (χ0) is 13.1. The van der Waals surface area contributed by atoms with E-state index in [-0.39, 0.29) is 0 Å². The average Bonchev–Trinajstić information content (AvgIpc) is 2.36. The summed E-state index contributed by atoms with van der Waals surface area (Å²) < 4.78 is 6.36. The first-order valence-electron chi connectivity index (χ1n) is 5.64. The van der Waals surface area contributed by atoms with Crippen molar-refractivity contribution in [2.45, 2.75) is 13.8 Å². The zero-order valence-electron chi connectivity index (χ0n) is 10.3. The summed E-state index contributed by atoms with van der Waals surface area (Å²) in [6.45, 7) is 4.52. The molecule has 0 saturated carbocycles. The molecule has 0 aliphatic heterocycles. The van der Waals surface area contributed by atoms with Gasteiger partial charge in [-0.2, -0.15) is 0 Å². The lowest BCUT2D eigenvalue weighted by molar-refractivity contribution is 0.340. The second kappa shape index (κ2) is 5.51. The summed E-state index contributed by atoms with van der Waals surface area (Å²) in [6.07, 6.45) is 0. The monoisotopic (exact) mass is 355 g/mol. The number of nitrogens with two attached hydrogens (primary N) is 1. The van der Waals surface area contributed by atoms with E-state index in [9.17, 15) is 0 Å². The van der Waals surface area contributed by atoms with E-state index in [1.165, 1.54) is 0 Å². The highest BCUT2D eigenvalue weighted by Crippen LogP contribution is 2.24. The number of anilines is 1. The summed E-state index contributed by atoms with van der Waals surface area (Å²) in [5.41, 5.74) is 7.66. The average molecular weight is 355 g/mol. The standard InChI is InChI=1S/C13H14IN3O/c1-3-18-10-6-4-5-9(7-10)13-16-8(2)11(14)12(15)17-13/h4-7H,3H2,1-2H3,(H2,15,16,17). The molecule has 0 aliphatic carbocycles. The number of hydrogen-bond donors (Lipinski definition) is 1. The van der Waals surface area contributed by atoms with E-state index in [1.807, 2.05) is 38.1 Å². The van der Waals surface area contributed by atoms with Gasteiger partial charge in [-0.15, -0.1) is 0 Å². The fourth-order valence-electron chi connectivity index (χ4n) is 1.60. The number of benzene rings is 1. The molecule has 0 aliphatic rings. The number of aromatic nitrogens is 2. The topological polar surface area (TPSA) is 61.0 Å². The molecular formula is C13H14IN3O. The lowest BCUT2D eigenvalue weighted by Gasteiger charge is -2.08. The quantitative estimate of drug-likeness (QED) is 0.860. The van der Waals surface area contributed by atoms with Gasteiger partial charge in [-0.05, 0) is 48.6 Å². The molecule has 2 N–H and O–H groups in total. The second-order valence-corrected chi connectivity index (χ2v) is 4.87. The Labute approximate surface area is 120 Å². The molecule has 0 atom stereocenters. The van der Waals surface area contributed by atoms with Crippen molar-refractivity contribution in [2.24, 2.45) is 0 Å². The molecular weight excluding hydrogens is 341 g/mol. The van der Waals surface area contributed by atoms with Crippen LogP contribution in [0, 0.1) is 10.5 Å². The molecule has 1 heterocycles. The summed E-state index contributed by atoms with van der Waals surface area (Å²) in [5, 5.41) is 0. The number of aryl methyl sites for hydroxylation is 1. The van der Waals surface area contributed by atoms with Crippen LogP contribution in [0.15, 0.2) is 24.3 Å². The van der Waals surface area contributed by atoms with Crippen LogP contribution in [0.25, 0.3) is 11.4 Å². The minimum absolute atomic E-state index is 0.514. The molecule has 1 aromatic heterocycles. The van der Waals surface area contributed by atoms with Crippen molar-refractivity contribution >= 4 is 28.4 Å². The largest absolute Gasteiger partial charge is 0.494 e. The Balaban J connectivity index is 2.45. The Morgan fingerprint density at radius 2 is 2.11 bits per heavy atom. The minimum Gasteiger partial charge on any atom is -0.494 e. The lowest BCUT2D eigenvalue weighted by atomic mass is 10.2. The molecule has 4 nitrogen and oxygen atoms in total. The van der Waals surface area contributed by atoms with Crippen LogP contribution in [0.4, 0.5) is 5.82 Å². The molecule has 0 saturated heterocycles. The maximum atomic E-state index is 5.87. The third kappa shape index (κ3) is 2.72. The van der Waals surface area contributed by atoms with Gasteiger partial charge < -0.3 is 10.5 Å². The molecule has 1 aromatic carbocycles. The van der Waals surface area contributed by atoms with Crippen LogP contribution >= 0.6 is 22.6 Å². The summed E-state index contributed by atoms with van der Waals surface area (Å²) in [7, 11) is 0. The predicted octanol–water partition coefficient (Wildman–Crippen LogP) is 3.04. The third-order valence-electron chi connectivity index (χ3n) is 2.45. The van der Waals surface area contributed by atoms with Gasteiger partial charge in [-0.25, -0.2) is 9.97 Å². The van der Waals surface area contributed by atoms with Gasteiger partial charge in [0.1, 0.15) is 11.6 Å². The SMILES string of the molecule is CCOc1cccc(-c2nc(C)c(I)c(N)n2)c1. The van der Waals surface area contributed by atoms with Crippen LogP contribution in [-0.4, -0.2) is 16.6 Å². The van der Waals surface area contributed by atoms with Crippen molar-refractivity contribution in [3.63, 3.8) is 0 Å². The molecule has 2 rings (SSSR count). The van der Waals surface area contributed by atoms with E-state index in [2.05, 4.69) is 32.6 Å². The van der Waals surface area contributed by atoms with Crippen molar-refractivity contribution in [3.05, 3.63) is 33.5 Å². The normalized spacial score (nSPS) is 10.4. The van der Waals surface area contributed by atoms with Crippen LogP contribution in [0.2, 0.25) is 0 Å². The maximum absolute atomic E-state index is 5.87. The van der Waals surface area contributed by atoms with Gasteiger partial charge in [0.25, 0.3) is 0 Å². The van der Waals surface area contributed by atoms with Gasteiger partial charge in [0.15, 0.2) is 5.82 Å². The highest BCUT2D eigenvalue weighted by atomic mass is 127. The molecule has 2 aromatic rings. The first kappa shape index (κ1) is 13.1. The zero-order valence-corrected chi connectivity index (χ0v) is 12.4. The van der Waals surface area contributed by atoms with Gasteiger partial charge >= 0.3 is 0 Å². The van der Waals surface area contributed by atoms with E-state index >= 15 is 0 Å². The number of ether oxygens (including phenoxy) is 1. The van der Waals surface area contributed by atoms with Gasteiger partial charge in [-0.3, -0.25) is 0 Å². The van der Waals surface area contributed by atoms with Gasteiger partial charge in [0.2, 0.25) is 0 Å². The molecule has 0 bridgehead atoms. The first-order valence-corrected chi connectivity index (χ1v) is 6.72.